The summed E-state index contributed by atoms with van der Waals surface area (Å²) in [5.74, 6) is 0.509. The molecule has 3 fully saturated rings. The van der Waals surface area contributed by atoms with Crippen molar-refractivity contribution >= 4 is 28.4 Å². The molecule has 7 rings (SSSR count). The van der Waals surface area contributed by atoms with Crippen molar-refractivity contribution in [3.8, 4) is 5.75 Å². The van der Waals surface area contributed by atoms with Gasteiger partial charge in [0, 0.05) is 24.2 Å². The highest BCUT2D eigenvalue weighted by atomic mass is 16.5. The first-order valence-corrected chi connectivity index (χ1v) is 17.5. The fourth-order valence-electron chi connectivity index (χ4n) is 8.56. The highest BCUT2D eigenvalue weighted by Gasteiger charge is 2.47. The van der Waals surface area contributed by atoms with Crippen LogP contribution in [0.5, 0.6) is 5.75 Å². The van der Waals surface area contributed by atoms with E-state index in [4.69, 9.17) is 9.47 Å². The number of nitrogens with zero attached hydrogens (tertiary/aromatic N) is 1. The zero-order chi connectivity index (χ0) is 34.3. The van der Waals surface area contributed by atoms with Gasteiger partial charge in [0.1, 0.15) is 17.9 Å². The summed E-state index contributed by atoms with van der Waals surface area (Å²) in [4.78, 5) is 44.1. The molecule has 7 heteroatoms. The number of carbonyl (C=O) groups excluding carboxylic acids is 3. The molecular formula is C41H50N2O5. The van der Waals surface area contributed by atoms with Gasteiger partial charge in [-0.3, -0.25) is 9.59 Å². The maximum Gasteiger partial charge on any atom is 0.329 e. The van der Waals surface area contributed by atoms with Crippen LogP contribution in [0.3, 0.4) is 0 Å². The molecular weight excluding hydrogens is 600 g/mol. The molecule has 1 N–H and O–H groups in total. The van der Waals surface area contributed by atoms with E-state index in [1.807, 2.05) is 75.9 Å². The van der Waals surface area contributed by atoms with Crippen LogP contribution in [-0.2, 0) is 19.1 Å². The van der Waals surface area contributed by atoms with Crippen LogP contribution in [0.15, 0.2) is 84.6 Å². The molecule has 3 saturated carbocycles. The summed E-state index contributed by atoms with van der Waals surface area (Å²) >= 11 is 0. The van der Waals surface area contributed by atoms with Gasteiger partial charge in [-0.1, -0.05) is 74.9 Å². The van der Waals surface area contributed by atoms with E-state index >= 15 is 0 Å². The number of fused-ring (bicyclic) bond motifs is 5. The number of carbonyl (C=O) groups is 3. The van der Waals surface area contributed by atoms with Gasteiger partial charge in [-0.05, 0) is 85.6 Å². The number of methoxy groups -OCH3 is 1. The first-order chi connectivity index (χ1) is 22.9. The highest BCUT2D eigenvalue weighted by Crippen LogP contribution is 2.54. The summed E-state index contributed by atoms with van der Waals surface area (Å²) in [7, 11) is 1.65. The van der Waals surface area contributed by atoms with Crippen molar-refractivity contribution in [2.45, 2.75) is 78.5 Å². The van der Waals surface area contributed by atoms with E-state index in [1.165, 1.54) is 0 Å². The fourth-order valence-corrected chi connectivity index (χ4v) is 8.56. The highest BCUT2D eigenvalue weighted by molar-refractivity contribution is 6.21. The molecule has 2 aromatic rings. The summed E-state index contributed by atoms with van der Waals surface area (Å²) in [5, 5.41) is 5.00. The maximum absolute atomic E-state index is 14.5. The molecule has 7 nitrogen and oxygen atoms in total. The second kappa shape index (κ2) is 13.4. The molecule has 1 heterocycles. The van der Waals surface area contributed by atoms with Gasteiger partial charge < -0.3 is 19.7 Å². The minimum Gasteiger partial charge on any atom is -0.497 e. The van der Waals surface area contributed by atoms with E-state index in [0.717, 1.165) is 53.3 Å². The van der Waals surface area contributed by atoms with Crippen molar-refractivity contribution in [2.75, 3.05) is 13.7 Å². The number of likely N-dealkylation sites (N-methyl/N-ethyl adjacent to an activating group) is 1. The molecule has 2 aromatic carbocycles. The van der Waals surface area contributed by atoms with Crippen molar-refractivity contribution in [3.05, 3.63) is 90.2 Å². The molecule has 0 radical (unpaired) electrons. The van der Waals surface area contributed by atoms with Gasteiger partial charge in [0.2, 0.25) is 0 Å². The number of esters is 1. The first kappa shape index (κ1) is 33.8. The van der Waals surface area contributed by atoms with Crippen LogP contribution in [0.1, 0.15) is 72.0 Å². The minimum absolute atomic E-state index is 0.0653. The Labute approximate surface area is 285 Å². The number of rotatable bonds is 9. The van der Waals surface area contributed by atoms with Gasteiger partial charge >= 0.3 is 5.97 Å². The lowest BCUT2D eigenvalue weighted by Gasteiger charge is -2.49. The number of allylic oxidation sites excluding steroid dienone is 3. The molecule has 0 spiro atoms. The third-order valence-electron chi connectivity index (χ3n) is 11.2. The summed E-state index contributed by atoms with van der Waals surface area (Å²) in [6, 6.07) is 11.0. The summed E-state index contributed by atoms with van der Waals surface area (Å²) in [6.45, 7) is 14.5. The predicted molar refractivity (Wildman–Crippen MR) is 189 cm³/mol. The van der Waals surface area contributed by atoms with E-state index in [2.05, 4.69) is 36.2 Å². The number of ether oxygens (including phenoxy) is 2. The smallest absolute Gasteiger partial charge is 0.329 e. The number of Topliss-reactive ketones (excluding diaryl/α,β-unsaturated/α-hetero) is 1. The van der Waals surface area contributed by atoms with E-state index < -0.39 is 35.4 Å². The zero-order valence-electron chi connectivity index (χ0n) is 29.2. The summed E-state index contributed by atoms with van der Waals surface area (Å²) in [5.41, 5.74) is 1.42. The van der Waals surface area contributed by atoms with Crippen molar-refractivity contribution < 1.29 is 23.9 Å². The Morgan fingerprint density at radius 1 is 1.12 bits per heavy atom. The van der Waals surface area contributed by atoms with Gasteiger partial charge in [0.05, 0.1) is 24.6 Å². The second-order valence-electron chi connectivity index (χ2n) is 15.2. The molecule has 1 aliphatic heterocycles. The third kappa shape index (κ3) is 6.36. The van der Waals surface area contributed by atoms with E-state index in [9.17, 15) is 14.4 Å². The SMILES string of the molecule is C=CC1CC2CCC1CC2[C@H](OC(=O)[C@@H](NC(=O)C1=CN(CC)C2C=C(C)C=CC2C1=O)C(C)(C)C)c1cccc2ccc(OC)cc12. The largest absolute Gasteiger partial charge is 0.497 e. The molecule has 0 aromatic heterocycles. The quantitative estimate of drug-likeness (QED) is 0.172. The van der Waals surface area contributed by atoms with E-state index in [0.29, 0.717) is 24.3 Å². The molecule has 2 bridgehead atoms. The predicted octanol–water partition coefficient (Wildman–Crippen LogP) is 7.49. The number of amides is 1. The van der Waals surface area contributed by atoms with Crippen LogP contribution in [0, 0.1) is 35.0 Å². The lowest BCUT2D eigenvalue weighted by Crippen LogP contribution is -2.53. The molecule has 254 valence electrons. The van der Waals surface area contributed by atoms with Gasteiger partial charge in [0.25, 0.3) is 5.91 Å². The Kier molecular flexibility index (Phi) is 9.43. The fraction of sp³-hybridized carbons (Fsp3) is 0.488. The number of hydrogen-bond donors (Lipinski definition) is 1. The van der Waals surface area contributed by atoms with Crippen LogP contribution >= 0.6 is 0 Å². The molecule has 48 heavy (non-hydrogen) atoms. The molecule has 5 aliphatic rings. The van der Waals surface area contributed by atoms with Crippen LogP contribution in [-0.4, -0.2) is 48.3 Å². The van der Waals surface area contributed by atoms with Crippen molar-refractivity contribution in [2.24, 2.45) is 35.0 Å². The lowest BCUT2D eigenvalue weighted by molar-refractivity contribution is -0.163. The van der Waals surface area contributed by atoms with Gasteiger partial charge in [0.15, 0.2) is 5.78 Å². The summed E-state index contributed by atoms with van der Waals surface area (Å²) < 4.78 is 12.3. The van der Waals surface area contributed by atoms with Crippen molar-refractivity contribution in [1.82, 2.24) is 10.2 Å². The van der Waals surface area contributed by atoms with Gasteiger partial charge in [-0.25, -0.2) is 4.79 Å². The Morgan fingerprint density at radius 2 is 1.90 bits per heavy atom. The number of nitrogens with one attached hydrogen (secondary N) is 1. The Bertz CT molecular complexity index is 1700. The van der Waals surface area contributed by atoms with Gasteiger partial charge in [-0.15, -0.1) is 6.58 Å². The van der Waals surface area contributed by atoms with E-state index in [-0.39, 0.29) is 23.3 Å². The zero-order valence-corrected chi connectivity index (χ0v) is 29.2. The molecule has 8 atom stereocenters. The van der Waals surface area contributed by atoms with Crippen LogP contribution in [0.4, 0.5) is 0 Å². The molecule has 4 aliphatic carbocycles. The molecule has 1 amide bonds. The first-order valence-electron chi connectivity index (χ1n) is 17.5. The Hall–Kier alpha value is -4.13. The van der Waals surface area contributed by atoms with Crippen LogP contribution < -0.4 is 10.1 Å². The topological polar surface area (TPSA) is 84.9 Å². The van der Waals surface area contributed by atoms with Gasteiger partial charge in [-0.2, -0.15) is 0 Å². The average Bonchev–Trinajstić information content (AvgIpc) is 3.08. The molecule has 0 saturated heterocycles. The standard InChI is InChI=1S/C41H50N2O5/c1-8-25-20-28-15-14-27(25)21-33(28)37(30-12-10-11-26-16-17-29(47-7)22-32(26)30)48-40(46)38(41(4,5)6)42-39(45)34-23-43(9-2)35-19-24(3)13-18-31(35)36(34)44/h8,10-13,16-19,22-23,25,27-28,31,33,35,37-38H,1,9,14-15,20-21H2,2-7H3,(H,42,45)/t25?,27?,28?,31?,33?,35?,37-,38-/m1/s1. The minimum atomic E-state index is -0.982. The van der Waals surface area contributed by atoms with E-state index in [1.54, 1.807) is 13.3 Å². The normalized spacial score (nSPS) is 27.8. The Balaban J connectivity index is 1.33. The van der Waals surface area contributed by atoms with Crippen molar-refractivity contribution in [3.63, 3.8) is 0 Å². The third-order valence-corrected chi connectivity index (χ3v) is 11.2. The lowest BCUT2D eigenvalue weighted by atomic mass is 9.58. The number of ketones is 1. The average molecular weight is 651 g/mol. The Morgan fingerprint density at radius 3 is 2.56 bits per heavy atom. The second-order valence-corrected chi connectivity index (χ2v) is 15.2. The molecule has 6 unspecified atom stereocenters. The number of benzene rings is 2. The summed E-state index contributed by atoms with van der Waals surface area (Å²) in [6.07, 6.45) is 13.4. The van der Waals surface area contributed by atoms with Crippen LogP contribution in [0.2, 0.25) is 0 Å². The monoisotopic (exact) mass is 650 g/mol. The number of hydrogen-bond acceptors (Lipinski definition) is 6. The maximum atomic E-state index is 14.5. The van der Waals surface area contributed by atoms with Crippen molar-refractivity contribution in [1.29, 1.82) is 0 Å². The van der Waals surface area contributed by atoms with Crippen LogP contribution in [0.25, 0.3) is 10.8 Å².